The van der Waals surface area contributed by atoms with Gasteiger partial charge in [-0.15, -0.1) is 0 Å². The maximum Gasteiger partial charge on any atom is 0.411 e. The minimum Gasteiger partial charge on any atom is -0.444 e. The molecule has 19 heavy (non-hydrogen) atoms. The van der Waals surface area contributed by atoms with E-state index in [0.29, 0.717) is 0 Å². The summed E-state index contributed by atoms with van der Waals surface area (Å²) >= 11 is 0. The van der Waals surface area contributed by atoms with Crippen LogP contribution in [0.1, 0.15) is 50.8 Å². The fourth-order valence-corrected chi connectivity index (χ4v) is 3.15. The highest BCUT2D eigenvalue weighted by molar-refractivity contribution is 5.70. The van der Waals surface area contributed by atoms with Gasteiger partial charge in [0.2, 0.25) is 0 Å². The highest BCUT2D eigenvalue weighted by Crippen LogP contribution is 2.43. The highest BCUT2D eigenvalue weighted by atomic mass is 16.6. The molecule has 0 spiro atoms. The van der Waals surface area contributed by atoms with E-state index in [1.54, 1.807) is 0 Å². The molecule has 3 heterocycles. The Hall–Kier alpha value is -1.58. The SMILES string of the molecule is CC(C)(C)OC(=O)N1C2CCC1c1cnccc1C2. The Morgan fingerprint density at radius 3 is 2.95 bits per heavy atom. The Morgan fingerprint density at radius 2 is 2.21 bits per heavy atom. The van der Waals surface area contributed by atoms with Gasteiger partial charge < -0.3 is 4.74 Å². The van der Waals surface area contributed by atoms with Crippen molar-refractivity contribution in [3.63, 3.8) is 0 Å². The van der Waals surface area contributed by atoms with E-state index in [4.69, 9.17) is 4.74 Å². The summed E-state index contributed by atoms with van der Waals surface area (Å²) in [5.74, 6) is 0. The summed E-state index contributed by atoms with van der Waals surface area (Å²) in [6.45, 7) is 5.73. The molecule has 2 aliphatic heterocycles. The minimum absolute atomic E-state index is 0.150. The third kappa shape index (κ3) is 2.20. The normalized spacial score (nSPS) is 25.1. The van der Waals surface area contributed by atoms with Gasteiger partial charge in [0, 0.05) is 18.4 Å². The van der Waals surface area contributed by atoms with Crippen LogP contribution >= 0.6 is 0 Å². The van der Waals surface area contributed by atoms with Crippen molar-refractivity contribution in [1.82, 2.24) is 9.88 Å². The van der Waals surface area contributed by atoms with E-state index in [1.165, 1.54) is 11.1 Å². The van der Waals surface area contributed by atoms with Crippen LogP contribution in [0, 0.1) is 0 Å². The van der Waals surface area contributed by atoms with Crippen molar-refractivity contribution in [2.45, 2.75) is 57.7 Å². The number of amides is 1. The summed E-state index contributed by atoms with van der Waals surface area (Å²) in [5.41, 5.74) is 2.09. The van der Waals surface area contributed by atoms with Gasteiger partial charge in [-0.2, -0.15) is 0 Å². The molecule has 0 saturated carbocycles. The Kier molecular flexibility index (Phi) is 2.77. The Balaban J connectivity index is 1.88. The lowest BCUT2D eigenvalue weighted by atomic mass is 9.96. The van der Waals surface area contributed by atoms with E-state index in [0.717, 1.165) is 19.3 Å². The zero-order valence-corrected chi connectivity index (χ0v) is 11.7. The van der Waals surface area contributed by atoms with Gasteiger partial charge in [-0.05, 0) is 57.2 Å². The number of nitrogens with zero attached hydrogens (tertiary/aromatic N) is 2. The highest BCUT2D eigenvalue weighted by Gasteiger charge is 2.44. The molecular formula is C15H20N2O2. The first-order chi connectivity index (χ1) is 8.96. The number of hydrogen-bond acceptors (Lipinski definition) is 3. The molecule has 1 amide bonds. The van der Waals surface area contributed by atoms with Gasteiger partial charge in [0.25, 0.3) is 0 Å². The van der Waals surface area contributed by atoms with Gasteiger partial charge in [0.1, 0.15) is 5.60 Å². The van der Waals surface area contributed by atoms with E-state index in [9.17, 15) is 4.79 Å². The van der Waals surface area contributed by atoms with E-state index >= 15 is 0 Å². The molecule has 2 atom stereocenters. The predicted molar refractivity (Wildman–Crippen MR) is 71.8 cm³/mol. The van der Waals surface area contributed by atoms with Crippen LogP contribution in [0.3, 0.4) is 0 Å². The van der Waals surface area contributed by atoms with Gasteiger partial charge in [-0.25, -0.2) is 4.79 Å². The molecule has 1 fully saturated rings. The lowest BCUT2D eigenvalue weighted by Crippen LogP contribution is -2.44. The maximum absolute atomic E-state index is 12.4. The summed E-state index contributed by atoms with van der Waals surface area (Å²) < 4.78 is 5.54. The van der Waals surface area contributed by atoms with E-state index in [-0.39, 0.29) is 18.2 Å². The summed E-state index contributed by atoms with van der Waals surface area (Å²) in [7, 11) is 0. The Bertz CT molecular complexity index is 507. The number of aromatic nitrogens is 1. The first kappa shape index (κ1) is 12.5. The fraction of sp³-hybridized carbons (Fsp3) is 0.600. The van der Waals surface area contributed by atoms with Crippen LogP contribution in [0.5, 0.6) is 0 Å². The second-order valence-electron chi connectivity index (χ2n) is 6.41. The summed E-state index contributed by atoms with van der Waals surface area (Å²) in [5, 5.41) is 0. The van der Waals surface area contributed by atoms with Crippen molar-refractivity contribution in [2.24, 2.45) is 0 Å². The molecule has 4 heteroatoms. The van der Waals surface area contributed by atoms with Crippen LogP contribution < -0.4 is 0 Å². The average Bonchev–Trinajstić information content (AvgIpc) is 2.63. The smallest absolute Gasteiger partial charge is 0.411 e. The van der Waals surface area contributed by atoms with Crippen LogP contribution in [0.25, 0.3) is 0 Å². The maximum atomic E-state index is 12.4. The largest absolute Gasteiger partial charge is 0.444 e. The van der Waals surface area contributed by atoms with Crippen molar-refractivity contribution in [3.05, 3.63) is 29.6 Å². The monoisotopic (exact) mass is 260 g/mol. The van der Waals surface area contributed by atoms with Crippen LogP contribution in [0.2, 0.25) is 0 Å². The summed E-state index contributed by atoms with van der Waals surface area (Å²) in [6, 6.07) is 2.51. The summed E-state index contributed by atoms with van der Waals surface area (Å²) in [6.07, 6.45) is 6.55. The van der Waals surface area contributed by atoms with Gasteiger partial charge in [0.15, 0.2) is 0 Å². The van der Waals surface area contributed by atoms with E-state index < -0.39 is 5.60 Å². The van der Waals surface area contributed by atoms with Crippen molar-refractivity contribution < 1.29 is 9.53 Å². The molecule has 4 nitrogen and oxygen atoms in total. The standard InChI is InChI=1S/C15H20N2O2/c1-15(2,3)19-14(18)17-11-4-5-13(17)12-9-16-7-6-10(12)8-11/h6-7,9,11,13H,4-5,8H2,1-3H3. The third-order valence-electron chi connectivity index (χ3n) is 3.87. The predicted octanol–water partition coefficient (Wildman–Crippen LogP) is 3.08. The molecule has 1 aromatic rings. The Morgan fingerprint density at radius 1 is 1.42 bits per heavy atom. The minimum atomic E-state index is -0.439. The number of carbonyl (C=O) groups is 1. The van der Waals surface area contributed by atoms with Crippen molar-refractivity contribution >= 4 is 6.09 Å². The van der Waals surface area contributed by atoms with Crippen LogP contribution in [-0.2, 0) is 11.2 Å². The molecule has 1 aromatic heterocycles. The van der Waals surface area contributed by atoms with Gasteiger partial charge in [-0.1, -0.05) is 0 Å². The quantitative estimate of drug-likeness (QED) is 0.720. The summed E-state index contributed by atoms with van der Waals surface area (Å²) in [4.78, 5) is 18.5. The molecule has 0 radical (unpaired) electrons. The number of fused-ring (bicyclic) bond motifs is 4. The number of pyridine rings is 1. The van der Waals surface area contributed by atoms with Crippen molar-refractivity contribution in [3.8, 4) is 0 Å². The average molecular weight is 260 g/mol. The molecule has 0 aliphatic carbocycles. The zero-order valence-electron chi connectivity index (χ0n) is 11.7. The molecule has 3 rings (SSSR count). The van der Waals surface area contributed by atoms with Crippen LogP contribution in [-0.4, -0.2) is 27.6 Å². The molecule has 0 N–H and O–H groups in total. The zero-order chi connectivity index (χ0) is 13.6. The second-order valence-corrected chi connectivity index (χ2v) is 6.41. The third-order valence-corrected chi connectivity index (χ3v) is 3.87. The topological polar surface area (TPSA) is 42.4 Å². The van der Waals surface area contributed by atoms with Gasteiger partial charge in [-0.3, -0.25) is 9.88 Å². The lowest BCUT2D eigenvalue weighted by molar-refractivity contribution is 0.0124. The van der Waals surface area contributed by atoms with Crippen LogP contribution in [0.4, 0.5) is 4.79 Å². The van der Waals surface area contributed by atoms with Gasteiger partial charge in [0.05, 0.1) is 6.04 Å². The first-order valence-corrected chi connectivity index (χ1v) is 6.90. The first-order valence-electron chi connectivity index (χ1n) is 6.90. The van der Waals surface area contributed by atoms with E-state index in [2.05, 4.69) is 11.1 Å². The number of hydrogen-bond donors (Lipinski definition) is 0. The van der Waals surface area contributed by atoms with Crippen molar-refractivity contribution in [2.75, 3.05) is 0 Å². The molecule has 2 bridgehead atoms. The lowest BCUT2D eigenvalue weighted by Gasteiger charge is -2.37. The van der Waals surface area contributed by atoms with E-state index in [1.807, 2.05) is 38.1 Å². The fourth-order valence-electron chi connectivity index (χ4n) is 3.15. The molecule has 0 aromatic carbocycles. The molecular weight excluding hydrogens is 240 g/mol. The number of ether oxygens (including phenoxy) is 1. The Labute approximate surface area is 113 Å². The number of carbonyl (C=O) groups excluding carboxylic acids is 1. The second kappa shape index (κ2) is 4.22. The van der Waals surface area contributed by atoms with Gasteiger partial charge >= 0.3 is 6.09 Å². The molecule has 2 aliphatic rings. The van der Waals surface area contributed by atoms with Crippen molar-refractivity contribution in [1.29, 1.82) is 0 Å². The van der Waals surface area contributed by atoms with Crippen LogP contribution in [0.15, 0.2) is 18.5 Å². The molecule has 2 unspecified atom stereocenters. The number of rotatable bonds is 0. The molecule has 1 saturated heterocycles. The molecule has 102 valence electrons.